The maximum Gasteiger partial charge on any atom is 0.229 e. The number of nitrogens with zero attached hydrogens (tertiary/aromatic N) is 6. The van der Waals surface area contributed by atoms with Gasteiger partial charge >= 0.3 is 0 Å². The molecule has 1 saturated heterocycles. The highest BCUT2D eigenvalue weighted by atomic mass is 32.1. The summed E-state index contributed by atoms with van der Waals surface area (Å²) in [5, 5.41) is 7.65. The molecule has 8 nitrogen and oxygen atoms in total. The van der Waals surface area contributed by atoms with Crippen LogP contribution >= 0.6 is 11.3 Å². The molecule has 0 spiro atoms. The molecule has 1 amide bonds. The van der Waals surface area contributed by atoms with E-state index in [2.05, 4.69) is 56.3 Å². The lowest BCUT2D eigenvalue weighted by atomic mass is 10.0. The predicted molar refractivity (Wildman–Crippen MR) is 135 cm³/mol. The number of rotatable bonds is 7. The van der Waals surface area contributed by atoms with Crippen LogP contribution in [0.4, 0.5) is 11.8 Å². The van der Waals surface area contributed by atoms with Gasteiger partial charge in [0.15, 0.2) is 17.0 Å². The Labute approximate surface area is 202 Å². The van der Waals surface area contributed by atoms with Crippen molar-refractivity contribution in [3.8, 4) is 5.69 Å². The fourth-order valence-electron chi connectivity index (χ4n) is 4.82. The SMILES string of the molecule is O=C1CCCN1CCCNc1nc(N2CCc3ccccc3C2)nc2c1ncn2-c1ccsc1. The van der Waals surface area contributed by atoms with Crippen molar-refractivity contribution in [1.29, 1.82) is 0 Å². The normalized spacial score (nSPS) is 15.8. The summed E-state index contributed by atoms with van der Waals surface area (Å²) in [5.74, 6) is 1.74. The van der Waals surface area contributed by atoms with Crippen LogP contribution in [0.3, 0.4) is 0 Å². The average Bonchev–Trinajstić information content (AvgIpc) is 3.62. The summed E-state index contributed by atoms with van der Waals surface area (Å²) >= 11 is 1.65. The van der Waals surface area contributed by atoms with Crippen LogP contribution in [0, 0.1) is 0 Å². The third kappa shape index (κ3) is 4.00. The number of carbonyl (C=O) groups excluding carboxylic acids is 1. The summed E-state index contributed by atoms with van der Waals surface area (Å²) in [5.41, 5.74) is 5.36. The van der Waals surface area contributed by atoms with E-state index in [-0.39, 0.29) is 5.91 Å². The largest absolute Gasteiger partial charge is 0.368 e. The van der Waals surface area contributed by atoms with Crippen LogP contribution in [0.25, 0.3) is 16.9 Å². The zero-order valence-corrected chi connectivity index (χ0v) is 19.8. The van der Waals surface area contributed by atoms with Crippen LogP contribution in [0.2, 0.25) is 0 Å². The highest BCUT2D eigenvalue weighted by Gasteiger charge is 2.22. The average molecular weight is 474 g/mol. The summed E-state index contributed by atoms with van der Waals surface area (Å²) in [6.45, 7) is 4.06. The highest BCUT2D eigenvalue weighted by molar-refractivity contribution is 7.08. The van der Waals surface area contributed by atoms with E-state index in [9.17, 15) is 4.79 Å². The summed E-state index contributed by atoms with van der Waals surface area (Å²) in [6.07, 6.45) is 5.33. The molecular formula is C25H27N7OS. The van der Waals surface area contributed by atoms with Gasteiger partial charge in [-0.15, -0.1) is 0 Å². The van der Waals surface area contributed by atoms with Gasteiger partial charge in [-0.1, -0.05) is 24.3 Å². The molecule has 0 unspecified atom stereocenters. The zero-order valence-electron chi connectivity index (χ0n) is 19.0. The standard InChI is InChI=1S/C25H27N7OS/c33-21-7-3-11-30(21)12-4-10-26-23-22-24(32(17-27-22)20-9-14-34-16-20)29-25(28-23)31-13-8-18-5-1-2-6-19(18)15-31/h1-2,5-6,9,14,16-17H,3-4,7-8,10-13,15H2,(H,26,28,29). The van der Waals surface area contributed by atoms with E-state index in [1.807, 2.05) is 15.8 Å². The van der Waals surface area contributed by atoms with Gasteiger partial charge in [-0.3, -0.25) is 9.36 Å². The molecule has 6 rings (SSSR count). The molecule has 2 aliphatic heterocycles. The minimum atomic E-state index is 0.270. The molecule has 1 N–H and O–H groups in total. The van der Waals surface area contributed by atoms with Crippen molar-refractivity contribution >= 4 is 40.2 Å². The number of aromatic nitrogens is 4. The first-order chi connectivity index (χ1) is 16.8. The molecule has 9 heteroatoms. The predicted octanol–water partition coefficient (Wildman–Crippen LogP) is 3.86. The van der Waals surface area contributed by atoms with Crippen LogP contribution in [0.15, 0.2) is 47.4 Å². The first kappa shape index (κ1) is 21.1. The number of benzene rings is 1. The van der Waals surface area contributed by atoms with E-state index >= 15 is 0 Å². The molecule has 174 valence electrons. The quantitative estimate of drug-likeness (QED) is 0.411. The van der Waals surface area contributed by atoms with Gasteiger partial charge in [-0.25, -0.2) is 4.98 Å². The summed E-state index contributed by atoms with van der Waals surface area (Å²) in [7, 11) is 0. The van der Waals surface area contributed by atoms with Crippen LogP contribution in [0.5, 0.6) is 0 Å². The van der Waals surface area contributed by atoms with Gasteiger partial charge < -0.3 is 15.1 Å². The van der Waals surface area contributed by atoms with Crippen LogP contribution in [-0.2, 0) is 17.8 Å². The fourth-order valence-corrected chi connectivity index (χ4v) is 5.45. The van der Waals surface area contributed by atoms with Gasteiger partial charge in [-0.2, -0.15) is 21.3 Å². The van der Waals surface area contributed by atoms with Crippen LogP contribution < -0.4 is 10.2 Å². The zero-order chi connectivity index (χ0) is 22.9. The maximum absolute atomic E-state index is 11.9. The van der Waals surface area contributed by atoms with Crippen molar-refractivity contribution < 1.29 is 4.79 Å². The van der Waals surface area contributed by atoms with Gasteiger partial charge in [-0.05, 0) is 41.8 Å². The monoisotopic (exact) mass is 473 g/mol. The Bertz CT molecular complexity index is 1320. The second-order valence-corrected chi connectivity index (χ2v) is 9.63. The third-order valence-corrected chi connectivity index (χ3v) is 7.32. The number of carbonyl (C=O) groups is 1. The molecule has 0 bridgehead atoms. The molecule has 0 radical (unpaired) electrons. The van der Waals surface area contributed by atoms with Crippen molar-refractivity contribution in [3.63, 3.8) is 0 Å². The van der Waals surface area contributed by atoms with Crippen LogP contribution in [0.1, 0.15) is 30.4 Å². The first-order valence-corrected chi connectivity index (χ1v) is 12.8. The Morgan fingerprint density at radius 3 is 2.79 bits per heavy atom. The Morgan fingerprint density at radius 2 is 1.97 bits per heavy atom. The van der Waals surface area contributed by atoms with Gasteiger partial charge in [0, 0.05) is 44.5 Å². The molecule has 4 aromatic rings. The van der Waals surface area contributed by atoms with Gasteiger partial charge in [0.1, 0.15) is 6.33 Å². The molecule has 2 aliphatic rings. The smallest absolute Gasteiger partial charge is 0.229 e. The van der Waals surface area contributed by atoms with Crippen molar-refractivity contribution in [2.45, 2.75) is 32.2 Å². The fraction of sp³-hybridized carbons (Fsp3) is 0.360. The Kier molecular flexibility index (Phi) is 5.62. The van der Waals surface area contributed by atoms with Crippen molar-refractivity contribution in [3.05, 3.63) is 58.5 Å². The van der Waals surface area contributed by atoms with E-state index in [0.717, 1.165) is 80.6 Å². The van der Waals surface area contributed by atoms with E-state index in [1.54, 1.807) is 11.3 Å². The van der Waals surface area contributed by atoms with Crippen molar-refractivity contribution in [2.24, 2.45) is 0 Å². The van der Waals surface area contributed by atoms with Crippen molar-refractivity contribution in [2.75, 3.05) is 36.4 Å². The summed E-state index contributed by atoms with van der Waals surface area (Å²) < 4.78 is 2.03. The molecule has 1 aromatic carbocycles. The topological polar surface area (TPSA) is 79.2 Å². The molecule has 5 heterocycles. The number of hydrogen-bond donors (Lipinski definition) is 1. The van der Waals surface area contributed by atoms with E-state index in [0.29, 0.717) is 6.42 Å². The molecular weight excluding hydrogens is 446 g/mol. The number of thiophene rings is 1. The lowest BCUT2D eigenvalue weighted by Crippen LogP contribution is -2.32. The second kappa shape index (κ2) is 9.06. The lowest BCUT2D eigenvalue weighted by molar-refractivity contribution is -0.127. The number of anilines is 2. The lowest BCUT2D eigenvalue weighted by Gasteiger charge is -2.29. The minimum Gasteiger partial charge on any atom is -0.368 e. The minimum absolute atomic E-state index is 0.270. The van der Waals surface area contributed by atoms with E-state index < -0.39 is 0 Å². The number of fused-ring (bicyclic) bond motifs is 2. The second-order valence-electron chi connectivity index (χ2n) is 8.85. The van der Waals surface area contributed by atoms with E-state index in [1.165, 1.54) is 11.1 Å². The van der Waals surface area contributed by atoms with E-state index in [4.69, 9.17) is 9.97 Å². The van der Waals surface area contributed by atoms with Gasteiger partial charge in [0.05, 0.1) is 5.69 Å². The van der Waals surface area contributed by atoms with Gasteiger partial charge in [0.25, 0.3) is 0 Å². The molecule has 3 aromatic heterocycles. The Balaban J connectivity index is 1.29. The number of hydrogen-bond acceptors (Lipinski definition) is 7. The Hall–Kier alpha value is -3.46. The van der Waals surface area contributed by atoms with Crippen LogP contribution in [-0.4, -0.2) is 56.5 Å². The molecule has 0 aliphatic carbocycles. The Morgan fingerprint density at radius 1 is 1.06 bits per heavy atom. The number of likely N-dealkylation sites (tertiary alicyclic amines) is 1. The molecule has 0 atom stereocenters. The maximum atomic E-state index is 11.9. The van der Waals surface area contributed by atoms with Crippen molar-refractivity contribution in [1.82, 2.24) is 24.4 Å². The highest BCUT2D eigenvalue weighted by Crippen LogP contribution is 2.28. The number of amides is 1. The first-order valence-electron chi connectivity index (χ1n) is 11.9. The number of nitrogens with one attached hydrogen (secondary N) is 1. The summed E-state index contributed by atoms with van der Waals surface area (Å²) in [4.78, 5) is 30.7. The molecule has 34 heavy (non-hydrogen) atoms. The third-order valence-electron chi connectivity index (χ3n) is 6.65. The molecule has 0 saturated carbocycles. The number of imidazole rings is 1. The van der Waals surface area contributed by atoms with Gasteiger partial charge in [0.2, 0.25) is 11.9 Å². The molecule has 1 fully saturated rings. The summed E-state index contributed by atoms with van der Waals surface area (Å²) in [6, 6.07) is 10.7.